The van der Waals surface area contributed by atoms with E-state index in [1.165, 1.54) is 10.8 Å². The molecular weight excluding hydrogens is 246 g/mol. The number of hydrogen-bond acceptors (Lipinski definition) is 4. The van der Waals surface area contributed by atoms with Crippen LogP contribution in [0, 0.1) is 24.0 Å². The molecule has 0 aliphatic carbocycles. The Labute approximate surface area is 110 Å². The molecule has 0 amide bonds. The van der Waals surface area contributed by atoms with Gasteiger partial charge in [0.2, 0.25) is 0 Å². The first-order valence-corrected chi connectivity index (χ1v) is 5.94. The Balaban J connectivity index is 2.00. The van der Waals surface area contributed by atoms with E-state index in [4.69, 9.17) is 4.74 Å². The summed E-state index contributed by atoms with van der Waals surface area (Å²) in [5.74, 6) is 1.37. The number of rotatable bonds is 5. The Kier molecular flexibility index (Phi) is 3.79. The fraction of sp³-hybridized carbons (Fsp3) is 0.308. The number of aryl methyl sites for hydroxylation is 2. The minimum absolute atomic E-state index is 0.00894. The maximum absolute atomic E-state index is 10.8. The van der Waals surface area contributed by atoms with Gasteiger partial charge in [-0.3, -0.25) is 0 Å². The number of nitro groups is 1. The van der Waals surface area contributed by atoms with Gasteiger partial charge in [0.15, 0.2) is 5.82 Å². The first kappa shape index (κ1) is 13.1. The van der Waals surface area contributed by atoms with E-state index in [1.54, 1.807) is 6.92 Å². The van der Waals surface area contributed by atoms with Crippen LogP contribution in [-0.2, 0) is 6.54 Å². The van der Waals surface area contributed by atoms with Gasteiger partial charge in [-0.25, -0.2) is 9.55 Å². The lowest BCUT2D eigenvalue weighted by Gasteiger charge is -2.07. The third-order valence-corrected chi connectivity index (χ3v) is 2.79. The van der Waals surface area contributed by atoms with Crippen LogP contribution in [0.3, 0.4) is 0 Å². The second-order valence-corrected chi connectivity index (χ2v) is 4.24. The highest BCUT2D eigenvalue weighted by atomic mass is 16.6. The van der Waals surface area contributed by atoms with Gasteiger partial charge in [-0.2, -0.15) is 0 Å². The van der Waals surface area contributed by atoms with E-state index in [9.17, 15) is 10.1 Å². The van der Waals surface area contributed by atoms with Crippen LogP contribution in [0.25, 0.3) is 0 Å². The molecule has 1 aromatic heterocycles. The Morgan fingerprint density at radius 3 is 2.89 bits per heavy atom. The van der Waals surface area contributed by atoms with Crippen LogP contribution in [0.1, 0.15) is 11.4 Å². The van der Waals surface area contributed by atoms with Gasteiger partial charge in [0, 0.05) is 6.92 Å². The van der Waals surface area contributed by atoms with Crippen LogP contribution < -0.4 is 4.74 Å². The minimum Gasteiger partial charge on any atom is -0.489 e. The number of ether oxygens (including phenoxy) is 1. The van der Waals surface area contributed by atoms with E-state index in [1.807, 2.05) is 31.2 Å². The molecule has 1 heterocycles. The van der Waals surface area contributed by atoms with Crippen molar-refractivity contribution in [3.63, 3.8) is 0 Å². The van der Waals surface area contributed by atoms with E-state index in [2.05, 4.69) is 4.98 Å². The Hall–Kier alpha value is -2.37. The first-order valence-electron chi connectivity index (χ1n) is 5.94. The van der Waals surface area contributed by atoms with Crippen molar-refractivity contribution in [3.05, 3.63) is 52.0 Å². The van der Waals surface area contributed by atoms with Crippen molar-refractivity contribution in [2.75, 3.05) is 6.61 Å². The summed E-state index contributed by atoms with van der Waals surface area (Å²) in [6.45, 7) is 4.48. The number of benzene rings is 1. The van der Waals surface area contributed by atoms with E-state index < -0.39 is 4.92 Å². The summed E-state index contributed by atoms with van der Waals surface area (Å²) in [5.41, 5.74) is 1.11. The Morgan fingerprint density at radius 1 is 1.42 bits per heavy atom. The minimum atomic E-state index is -0.438. The molecule has 2 aromatic rings. The lowest BCUT2D eigenvalue weighted by Crippen LogP contribution is -2.11. The molecule has 0 fully saturated rings. The molecule has 6 nitrogen and oxygen atoms in total. The number of nitrogens with zero attached hydrogens (tertiary/aromatic N) is 3. The monoisotopic (exact) mass is 261 g/mol. The summed E-state index contributed by atoms with van der Waals surface area (Å²) < 4.78 is 7.12. The highest BCUT2D eigenvalue weighted by Crippen LogP contribution is 2.15. The average molecular weight is 261 g/mol. The normalized spacial score (nSPS) is 10.4. The molecular formula is C13H15N3O3. The zero-order chi connectivity index (χ0) is 13.8. The SMILES string of the molecule is Cc1cccc(OCCn2c([N+](=O)[O-])cnc2C)c1. The molecule has 0 bridgehead atoms. The Morgan fingerprint density at radius 2 is 2.21 bits per heavy atom. The molecule has 0 aliphatic rings. The lowest BCUT2D eigenvalue weighted by molar-refractivity contribution is -0.392. The van der Waals surface area contributed by atoms with Gasteiger partial charge in [-0.15, -0.1) is 0 Å². The van der Waals surface area contributed by atoms with Crippen LogP contribution in [-0.4, -0.2) is 21.1 Å². The molecule has 0 N–H and O–H groups in total. The van der Waals surface area contributed by atoms with Crippen molar-refractivity contribution in [1.82, 2.24) is 9.55 Å². The molecule has 0 aliphatic heterocycles. The van der Waals surface area contributed by atoms with E-state index >= 15 is 0 Å². The number of aromatic nitrogens is 2. The van der Waals surface area contributed by atoms with Gasteiger partial charge < -0.3 is 14.9 Å². The molecule has 100 valence electrons. The van der Waals surface area contributed by atoms with Crippen molar-refractivity contribution >= 4 is 5.82 Å². The average Bonchev–Trinajstić information content (AvgIpc) is 2.71. The van der Waals surface area contributed by atoms with E-state index in [0.29, 0.717) is 19.0 Å². The maximum Gasteiger partial charge on any atom is 0.342 e. The van der Waals surface area contributed by atoms with Crippen LogP contribution in [0.15, 0.2) is 30.5 Å². The van der Waals surface area contributed by atoms with Crippen molar-refractivity contribution < 1.29 is 9.66 Å². The molecule has 0 atom stereocenters. The van der Waals surface area contributed by atoms with Gasteiger partial charge in [0.1, 0.15) is 25.1 Å². The highest BCUT2D eigenvalue weighted by molar-refractivity contribution is 5.27. The maximum atomic E-state index is 10.8. The molecule has 1 aromatic carbocycles. The third kappa shape index (κ3) is 3.09. The van der Waals surface area contributed by atoms with Crippen LogP contribution in [0.4, 0.5) is 5.82 Å². The fourth-order valence-corrected chi connectivity index (χ4v) is 1.84. The molecule has 0 spiro atoms. The molecule has 0 unspecified atom stereocenters. The van der Waals surface area contributed by atoms with Gasteiger partial charge >= 0.3 is 5.82 Å². The zero-order valence-corrected chi connectivity index (χ0v) is 10.9. The van der Waals surface area contributed by atoms with Crippen LogP contribution in [0.5, 0.6) is 5.75 Å². The molecule has 19 heavy (non-hydrogen) atoms. The largest absolute Gasteiger partial charge is 0.489 e. The van der Waals surface area contributed by atoms with Crippen molar-refractivity contribution in [2.45, 2.75) is 20.4 Å². The number of hydrogen-bond donors (Lipinski definition) is 0. The summed E-state index contributed by atoms with van der Waals surface area (Å²) in [7, 11) is 0. The summed E-state index contributed by atoms with van der Waals surface area (Å²) in [5, 5.41) is 10.8. The summed E-state index contributed by atoms with van der Waals surface area (Å²) in [6.07, 6.45) is 1.27. The zero-order valence-electron chi connectivity index (χ0n) is 10.9. The first-order chi connectivity index (χ1) is 9.08. The number of imidazole rings is 1. The van der Waals surface area contributed by atoms with E-state index in [0.717, 1.165) is 11.3 Å². The van der Waals surface area contributed by atoms with Gasteiger partial charge in [-0.05, 0) is 29.5 Å². The summed E-state index contributed by atoms with van der Waals surface area (Å²) in [6, 6.07) is 7.69. The summed E-state index contributed by atoms with van der Waals surface area (Å²) in [4.78, 5) is 14.3. The van der Waals surface area contributed by atoms with Crippen LogP contribution in [0.2, 0.25) is 0 Å². The van der Waals surface area contributed by atoms with Gasteiger partial charge in [0.05, 0.1) is 0 Å². The summed E-state index contributed by atoms with van der Waals surface area (Å²) >= 11 is 0. The van der Waals surface area contributed by atoms with Crippen molar-refractivity contribution in [3.8, 4) is 5.75 Å². The highest BCUT2D eigenvalue weighted by Gasteiger charge is 2.16. The van der Waals surface area contributed by atoms with Gasteiger partial charge in [-0.1, -0.05) is 12.1 Å². The molecule has 0 radical (unpaired) electrons. The quantitative estimate of drug-likeness (QED) is 0.612. The second-order valence-electron chi connectivity index (χ2n) is 4.24. The molecule has 6 heteroatoms. The predicted octanol–water partition coefficient (Wildman–Crippen LogP) is 2.49. The molecule has 2 rings (SSSR count). The lowest BCUT2D eigenvalue weighted by atomic mass is 10.2. The van der Waals surface area contributed by atoms with Gasteiger partial charge in [0.25, 0.3) is 0 Å². The smallest absolute Gasteiger partial charge is 0.342 e. The van der Waals surface area contributed by atoms with Crippen LogP contribution >= 0.6 is 0 Å². The topological polar surface area (TPSA) is 70.2 Å². The van der Waals surface area contributed by atoms with Crippen molar-refractivity contribution in [1.29, 1.82) is 0 Å². The standard InChI is InChI=1S/C13H15N3O3/c1-10-4-3-5-12(8-10)19-7-6-15-11(2)14-9-13(15)16(17)18/h3-5,8-9H,6-7H2,1-2H3. The Bertz CT molecular complexity index is 593. The fourth-order valence-electron chi connectivity index (χ4n) is 1.84. The van der Waals surface area contributed by atoms with E-state index in [-0.39, 0.29) is 5.82 Å². The van der Waals surface area contributed by atoms with Crippen molar-refractivity contribution in [2.24, 2.45) is 0 Å². The predicted molar refractivity (Wildman–Crippen MR) is 70.3 cm³/mol. The molecule has 0 saturated heterocycles. The second kappa shape index (κ2) is 5.51. The third-order valence-electron chi connectivity index (χ3n) is 2.79. The molecule has 0 saturated carbocycles.